The molecule has 2 atom stereocenters. The molecule has 0 spiro atoms. The Labute approximate surface area is 213 Å². The van der Waals surface area contributed by atoms with Gasteiger partial charge in [-0.25, -0.2) is 0 Å². The van der Waals surface area contributed by atoms with Gasteiger partial charge in [0.2, 0.25) is 5.91 Å². The van der Waals surface area contributed by atoms with Crippen molar-refractivity contribution in [3.63, 3.8) is 0 Å². The van der Waals surface area contributed by atoms with E-state index in [4.69, 9.17) is 11.6 Å². The van der Waals surface area contributed by atoms with Crippen LogP contribution >= 0.6 is 27.5 Å². The SMILES string of the molecule is O=C(O)C[C@@H](NC(=O)CNC(=O)c1cccc(NC2=NCC(O)CN2)c1)c1cc(Br)cc(Cl)c1O. The second-order valence-corrected chi connectivity index (χ2v) is 8.98. The summed E-state index contributed by atoms with van der Waals surface area (Å²) in [5.74, 6) is -2.27. The van der Waals surface area contributed by atoms with Crippen molar-refractivity contribution in [2.75, 3.05) is 25.0 Å². The molecule has 3 rings (SSSR count). The van der Waals surface area contributed by atoms with E-state index in [-0.39, 0.29) is 28.4 Å². The quantitative estimate of drug-likeness (QED) is 0.252. The Bertz CT molecular complexity index is 1160. The highest BCUT2D eigenvalue weighted by atomic mass is 79.9. The van der Waals surface area contributed by atoms with Crippen LogP contribution in [0.5, 0.6) is 5.75 Å². The third-order valence-corrected chi connectivity index (χ3v) is 5.66. The number of aliphatic hydroxyl groups is 1. The number of carboxylic acid groups (broad SMARTS) is 1. The zero-order valence-electron chi connectivity index (χ0n) is 18.2. The number of aliphatic carboxylic acids is 1. The fourth-order valence-electron chi connectivity index (χ4n) is 3.26. The van der Waals surface area contributed by atoms with E-state index >= 15 is 0 Å². The van der Waals surface area contributed by atoms with E-state index in [9.17, 15) is 29.7 Å². The Balaban J connectivity index is 1.62. The van der Waals surface area contributed by atoms with Crippen molar-refractivity contribution in [3.05, 3.63) is 57.0 Å². The molecule has 1 unspecified atom stereocenters. The Morgan fingerprint density at radius 1 is 1.26 bits per heavy atom. The number of aliphatic imine (C=N–C) groups is 1. The molecule has 0 aliphatic carbocycles. The molecule has 2 amide bonds. The number of aromatic hydroxyl groups is 1. The number of rotatable bonds is 8. The molecule has 13 heteroatoms. The standard InChI is InChI=1S/C22H23BrClN5O6/c23-12-5-15(20(34)16(24)6-12)17(7-19(32)33)29-18(31)10-25-21(35)11-2-1-3-13(4-11)28-22-26-8-14(30)9-27-22/h1-6,14,17,30,34H,7-10H2,(H,25,35)(H,29,31)(H,32,33)(H2,26,27,28)/t17-/m1/s1. The van der Waals surface area contributed by atoms with Crippen LogP contribution in [0, 0.1) is 0 Å². The van der Waals surface area contributed by atoms with Gasteiger partial charge in [-0.3, -0.25) is 19.4 Å². The minimum atomic E-state index is -1.20. The second kappa shape index (κ2) is 11.9. The smallest absolute Gasteiger partial charge is 0.305 e. The third-order valence-electron chi connectivity index (χ3n) is 4.91. The lowest BCUT2D eigenvalue weighted by atomic mass is 10.0. The highest BCUT2D eigenvalue weighted by Gasteiger charge is 2.23. The molecule has 0 bridgehead atoms. The lowest BCUT2D eigenvalue weighted by Crippen LogP contribution is -2.42. The van der Waals surface area contributed by atoms with Crippen molar-refractivity contribution in [1.29, 1.82) is 0 Å². The van der Waals surface area contributed by atoms with Gasteiger partial charge in [0.05, 0.1) is 36.7 Å². The first-order valence-corrected chi connectivity index (χ1v) is 11.6. The van der Waals surface area contributed by atoms with E-state index in [1.54, 1.807) is 24.3 Å². The Morgan fingerprint density at radius 2 is 2.03 bits per heavy atom. The van der Waals surface area contributed by atoms with Gasteiger partial charge in [-0.15, -0.1) is 0 Å². The van der Waals surface area contributed by atoms with Crippen molar-refractivity contribution in [2.24, 2.45) is 4.99 Å². The molecule has 1 heterocycles. The predicted octanol–water partition coefficient (Wildman–Crippen LogP) is 1.60. The number of guanidine groups is 1. The van der Waals surface area contributed by atoms with Crippen LogP contribution in [0.2, 0.25) is 5.02 Å². The first-order valence-electron chi connectivity index (χ1n) is 10.4. The van der Waals surface area contributed by atoms with E-state index in [0.29, 0.717) is 22.7 Å². The number of phenols is 1. The molecule has 0 saturated carbocycles. The number of carboxylic acids is 1. The molecule has 186 valence electrons. The summed E-state index contributed by atoms with van der Waals surface area (Å²) in [6, 6.07) is 8.32. The van der Waals surface area contributed by atoms with E-state index in [1.807, 2.05) is 0 Å². The second-order valence-electron chi connectivity index (χ2n) is 7.66. The molecular weight excluding hydrogens is 546 g/mol. The molecular formula is C22H23BrClN5O6. The van der Waals surface area contributed by atoms with Gasteiger partial charge in [-0.2, -0.15) is 0 Å². The number of phenolic OH excluding ortho intramolecular Hbond substituents is 1. The Hall–Kier alpha value is -3.35. The number of β-amino-alcohol motifs (C(OH)–C–C–N with tert-alkyl or cyclic N) is 1. The topological polar surface area (TPSA) is 172 Å². The highest BCUT2D eigenvalue weighted by molar-refractivity contribution is 9.10. The molecule has 11 nitrogen and oxygen atoms in total. The van der Waals surface area contributed by atoms with Crippen LogP contribution in [0.1, 0.15) is 28.4 Å². The third kappa shape index (κ3) is 7.57. The number of carbonyl (C=O) groups excluding carboxylic acids is 2. The van der Waals surface area contributed by atoms with Crippen LogP contribution < -0.4 is 21.3 Å². The number of amides is 2. The zero-order valence-corrected chi connectivity index (χ0v) is 20.6. The molecule has 35 heavy (non-hydrogen) atoms. The lowest BCUT2D eigenvalue weighted by molar-refractivity contribution is -0.137. The number of hydrogen-bond acceptors (Lipinski definition) is 8. The summed E-state index contributed by atoms with van der Waals surface area (Å²) in [5, 5.41) is 39.9. The van der Waals surface area contributed by atoms with Crippen molar-refractivity contribution in [3.8, 4) is 5.75 Å². The summed E-state index contributed by atoms with van der Waals surface area (Å²) >= 11 is 9.19. The monoisotopic (exact) mass is 567 g/mol. The molecule has 0 radical (unpaired) electrons. The number of benzene rings is 2. The average Bonchev–Trinajstić information content (AvgIpc) is 2.81. The van der Waals surface area contributed by atoms with Crippen molar-refractivity contribution < 1.29 is 29.7 Å². The van der Waals surface area contributed by atoms with Crippen LogP contribution in [0.4, 0.5) is 5.69 Å². The summed E-state index contributed by atoms with van der Waals surface area (Å²) in [4.78, 5) is 40.5. The minimum absolute atomic E-state index is 0.00799. The summed E-state index contributed by atoms with van der Waals surface area (Å²) < 4.78 is 0.493. The van der Waals surface area contributed by atoms with Gasteiger partial charge in [-0.1, -0.05) is 33.6 Å². The van der Waals surface area contributed by atoms with Crippen LogP contribution in [0.25, 0.3) is 0 Å². The summed E-state index contributed by atoms with van der Waals surface area (Å²) in [7, 11) is 0. The number of halogens is 2. The molecule has 1 aliphatic heterocycles. The van der Waals surface area contributed by atoms with Crippen molar-refractivity contribution >= 4 is 57.0 Å². The van der Waals surface area contributed by atoms with Gasteiger partial charge in [0, 0.05) is 27.8 Å². The van der Waals surface area contributed by atoms with Gasteiger partial charge in [0.25, 0.3) is 5.91 Å². The Morgan fingerprint density at radius 3 is 2.71 bits per heavy atom. The van der Waals surface area contributed by atoms with Gasteiger partial charge in [0.15, 0.2) is 5.96 Å². The van der Waals surface area contributed by atoms with Crippen molar-refractivity contribution in [2.45, 2.75) is 18.6 Å². The highest BCUT2D eigenvalue weighted by Crippen LogP contribution is 2.36. The number of nitrogens with zero attached hydrogens (tertiary/aromatic N) is 1. The fourth-order valence-corrected chi connectivity index (χ4v) is 4.10. The van der Waals surface area contributed by atoms with E-state index in [2.05, 4.69) is 42.2 Å². The predicted molar refractivity (Wildman–Crippen MR) is 133 cm³/mol. The molecule has 7 N–H and O–H groups in total. The fraction of sp³-hybridized carbons (Fsp3) is 0.273. The maximum Gasteiger partial charge on any atom is 0.305 e. The average molecular weight is 569 g/mol. The van der Waals surface area contributed by atoms with Crippen LogP contribution in [-0.4, -0.2) is 64.8 Å². The minimum Gasteiger partial charge on any atom is -0.506 e. The summed E-state index contributed by atoms with van der Waals surface area (Å²) in [6.07, 6.45) is -1.06. The van der Waals surface area contributed by atoms with E-state index in [1.165, 1.54) is 12.1 Å². The molecule has 2 aromatic carbocycles. The van der Waals surface area contributed by atoms with E-state index < -0.39 is 42.9 Å². The first kappa shape index (κ1) is 26.3. The molecule has 0 aromatic heterocycles. The van der Waals surface area contributed by atoms with Crippen LogP contribution in [-0.2, 0) is 9.59 Å². The van der Waals surface area contributed by atoms with Crippen LogP contribution in [0.3, 0.4) is 0 Å². The van der Waals surface area contributed by atoms with Crippen molar-refractivity contribution in [1.82, 2.24) is 16.0 Å². The number of hydrogen-bond donors (Lipinski definition) is 7. The molecule has 2 aromatic rings. The molecule has 1 aliphatic rings. The molecule has 0 saturated heterocycles. The number of anilines is 1. The lowest BCUT2D eigenvalue weighted by Gasteiger charge is -2.20. The normalized spacial score (nSPS) is 15.9. The summed E-state index contributed by atoms with van der Waals surface area (Å²) in [6.45, 7) is 0.187. The maximum atomic E-state index is 12.6. The van der Waals surface area contributed by atoms with Gasteiger partial charge in [-0.05, 0) is 30.3 Å². The summed E-state index contributed by atoms with van der Waals surface area (Å²) in [5.41, 5.74) is 0.975. The number of carbonyl (C=O) groups is 3. The number of nitrogens with one attached hydrogen (secondary N) is 4. The Kier molecular flexibility index (Phi) is 8.90. The first-order chi connectivity index (χ1) is 16.6. The van der Waals surface area contributed by atoms with Gasteiger partial charge < -0.3 is 36.6 Å². The molecule has 0 fully saturated rings. The zero-order chi connectivity index (χ0) is 25.5. The van der Waals surface area contributed by atoms with Gasteiger partial charge in [0.1, 0.15) is 5.75 Å². The van der Waals surface area contributed by atoms with Gasteiger partial charge >= 0.3 is 5.97 Å². The largest absolute Gasteiger partial charge is 0.506 e. The maximum absolute atomic E-state index is 12.6. The van der Waals surface area contributed by atoms with E-state index in [0.717, 1.165) is 0 Å². The van der Waals surface area contributed by atoms with Crippen LogP contribution in [0.15, 0.2) is 45.9 Å². The number of aliphatic hydroxyl groups excluding tert-OH is 1.